The van der Waals surface area contributed by atoms with Gasteiger partial charge in [-0.1, -0.05) is 0 Å². The van der Waals surface area contributed by atoms with Crippen LogP contribution in [0.1, 0.15) is 96.5 Å². The average Bonchev–Trinajstić information content (AvgIpc) is 0.750. The first-order valence-corrected chi connectivity index (χ1v) is 29.8. The van der Waals surface area contributed by atoms with Crippen molar-refractivity contribution in [3.8, 4) is 11.5 Å². The van der Waals surface area contributed by atoms with E-state index >= 15 is 0 Å². The van der Waals surface area contributed by atoms with Gasteiger partial charge in [0.05, 0.1) is 30.2 Å². The summed E-state index contributed by atoms with van der Waals surface area (Å²) in [6.45, 7) is -0.354. The van der Waals surface area contributed by atoms with Gasteiger partial charge >= 0.3 is 0 Å². The second kappa shape index (κ2) is 37.6. The number of primary amides is 1. The van der Waals surface area contributed by atoms with Crippen molar-refractivity contribution in [3.63, 3.8) is 0 Å². The second-order valence-electron chi connectivity index (χ2n) is 22.1. The van der Waals surface area contributed by atoms with Gasteiger partial charge in [-0.05, 0) is 90.3 Å². The molecule has 520 valence electrons. The van der Waals surface area contributed by atoms with Gasteiger partial charge in [-0.15, -0.1) is 0 Å². The number of nitrogens with zero attached hydrogens (tertiary/aromatic N) is 5. The zero-order valence-corrected chi connectivity index (χ0v) is 51.5. The Morgan fingerprint density at radius 1 is 0.755 bits per heavy atom. The number of carbonyl (C=O) groups is 13. The molecule has 0 saturated carbocycles. The van der Waals surface area contributed by atoms with Crippen LogP contribution in [0, 0.1) is 0 Å². The van der Waals surface area contributed by atoms with Gasteiger partial charge in [0, 0.05) is 56.7 Å². The Balaban J connectivity index is 1.56. The number of hydrogen-bond acceptors (Lipinski definition) is 25. The van der Waals surface area contributed by atoms with Gasteiger partial charge in [-0.2, -0.15) is 0 Å². The van der Waals surface area contributed by atoms with Gasteiger partial charge < -0.3 is 106 Å². The fraction of sp³-hybridized carbons (Fsp3) is 0.582. The molecule has 12 amide bonds. The number of nitrogens with two attached hydrogens (primary N) is 4. The number of fused-ring (bicyclic) bond motifs is 3. The summed E-state index contributed by atoms with van der Waals surface area (Å²) in [5, 5.41) is 94.8. The lowest BCUT2D eigenvalue weighted by atomic mass is 9.97. The summed E-state index contributed by atoms with van der Waals surface area (Å²) in [6, 6.07) is -12.8. The number of ether oxygens (including phenoxy) is 1. The maximum atomic E-state index is 14.4. The maximum Gasteiger partial charge on any atom is 0.293 e. The van der Waals surface area contributed by atoms with Gasteiger partial charge in [0.25, 0.3) is 12.4 Å². The minimum Gasteiger partial charge on any atom is -0.504 e. The minimum absolute atomic E-state index is 0.0209. The highest BCUT2D eigenvalue weighted by molar-refractivity contribution is 6.00. The third-order valence-corrected chi connectivity index (χ3v) is 14.8. The molecule has 24 N–H and O–H groups in total. The predicted molar refractivity (Wildman–Crippen MR) is 325 cm³/mol. The van der Waals surface area contributed by atoms with E-state index in [1.54, 1.807) is 0 Å². The number of aliphatic imine (C=N–C) groups is 2. The predicted octanol–water partition coefficient (Wildman–Crippen LogP) is -8.56. The number of hydroxylamine groups is 4. The van der Waals surface area contributed by atoms with E-state index in [0.29, 0.717) is 17.9 Å². The number of phenolic OH excluding ortho intramolecular Hbond substituents is 2. The van der Waals surface area contributed by atoms with Gasteiger partial charge in [0.15, 0.2) is 23.6 Å². The number of aliphatic hydroxyl groups excluding tert-OH is 3. The standard InChI is InChI=1S/C55H84N18O21/c1-27(77)43(52(89)65-30(8-3-4-15-56)46(83)66-33-11-7-19-72(93)54(33)91)70-53(90)44(28(2)78)69-48(85)32(10-6-18-71(92)25-75)63-49(86)35(23-74)67-47(84)31(9-5-16-61-55(58)59)64-50(87)36(24-94-26-76)68-51(88)37-14-17-60-45-34(62-42(82)13-12-41(57)81)20-29-21-39(79)40(80)22-38(29)73(37)45/h17,20-22,25-28,30-33,35-37,43-45,74,77-80,92-93H,3-16,18-19,23-24,56H2,1-2H3,(H2,57,81)(H,62,82)(H,63,86)(H,64,87)(H,65,89)(H,66,83)(H,67,84)(H,68,88)(H,69,85)(H,70,90)(H4,58,59,61)/t27-,28-,30-,31-,32-,33-,35+,36+,37-,43-,44-,45-/m0/s1. The molecule has 3 aliphatic heterocycles. The molecule has 3 heterocycles. The van der Waals surface area contributed by atoms with Crippen LogP contribution in [0.5, 0.6) is 11.5 Å². The number of phenols is 2. The van der Waals surface area contributed by atoms with Crippen LogP contribution in [0.15, 0.2) is 27.8 Å². The number of piperidine rings is 1. The highest BCUT2D eigenvalue weighted by Gasteiger charge is 2.43. The quantitative estimate of drug-likeness (QED) is 0.00554. The molecule has 1 fully saturated rings. The van der Waals surface area contributed by atoms with Gasteiger partial charge in [0.1, 0.15) is 61.0 Å². The largest absolute Gasteiger partial charge is 0.504 e. The smallest absolute Gasteiger partial charge is 0.293 e. The average molecular weight is 1330 g/mol. The van der Waals surface area contributed by atoms with Crippen LogP contribution in [-0.4, -0.2) is 248 Å². The summed E-state index contributed by atoms with van der Waals surface area (Å²) in [7, 11) is 0. The van der Waals surface area contributed by atoms with E-state index < -0.39 is 175 Å². The molecule has 39 heteroatoms. The summed E-state index contributed by atoms with van der Waals surface area (Å²) in [4.78, 5) is 182. The number of unbranched alkanes of at least 4 members (excludes halogenated alkanes) is 1. The third-order valence-electron chi connectivity index (χ3n) is 14.8. The normalized spacial score (nSPS) is 18.4. The molecule has 1 aromatic rings. The Kier molecular flexibility index (Phi) is 30.7. The SMILES string of the molecule is C[C@H](O)[C@H](NC(=O)[C@H](CCCN(O)C=O)NC(=O)[C@@H](CO)NC(=O)[C@H](CCCN=C(N)N)NC(=O)[C@@H](COC=O)NC(=O)[C@@H]1CC=N[C@@H]2C(NC(=O)CCC(N)=O)=Cc3cc(O)c(O)cc3N21)C(=O)N[C@H](C(=O)N[C@@H](CCCCN)C(=O)N[C@H]1CCCN(O)C1=O)[C@H](C)O. The monoisotopic (exact) mass is 1330 g/mol. The Morgan fingerprint density at radius 3 is 1.93 bits per heavy atom. The number of benzene rings is 1. The fourth-order valence-electron chi connectivity index (χ4n) is 9.85. The summed E-state index contributed by atoms with van der Waals surface area (Å²) in [5.41, 5.74) is 22.1. The molecule has 39 nitrogen and oxygen atoms in total. The topological polar surface area (TPSA) is 620 Å². The number of anilines is 1. The van der Waals surface area contributed by atoms with Crippen LogP contribution < -0.4 is 75.7 Å². The van der Waals surface area contributed by atoms with E-state index in [1.807, 2.05) is 0 Å². The third kappa shape index (κ3) is 23.1. The maximum absolute atomic E-state index is 14.4. The first-order chi connectivity index (χ1) is 44.5. The van der Waals surface area contributed by atoms with Crippen molar-refractivity contribution in [1.29, 1.82) is 0 Å². The molecule has 0 spiro atoms. The molecular formula is C55H84N18O21. The van der Waals surface area contributed by atoms with Crippen LogP contribution in [-0.2, 0) is 67.1 Å². The lowest BCUT2D eigenvalue weighted by Crippen LogP contribution is -2.63. The minimum atomic E-state index is -2.00. The van der Waals surface area contributed by atoms with E-state index in [9.17, 15) is 98.3 Å². The number of nitrogens with one attached hydrogen (secondary N) is 9. The molecule has 0 aromatic heterocycles. The first kappa shape index (κ1) is 76.6. The van der Waals surface area contributed by atoms with Crippen molar-refractivity contribution in [1.82, 2.24) is 58.0 Å². The van der Waals surface area contributed by atoms with E-state index in [-0.39, 0.29) is 118 Å². The molecule has 12 atom stereocenters. The van der Waals surface area contributed by atoms with Gasteiger partial charge in [0.2, 0.25) is 65.5 Å². The highest BCUT2D eigenvalue weighted by atomic mass is 16.5. The molecule has 0 unspecified atom stereocenters. The van der Waals surface area contributed by atoms with E-state index in [2.05, 4.69) is 57.8 Å². The molecule has 0 radical (unpaired) electrons. The Morgan fingerprint density at radius 2 is 1.32 bits per heavy atom. The molecule has 94 heavy (non-hydrogen) atoms. The number of aliphatic hydroxyl groups is 3. The summed E-state index contributed by atoms with van der Waals surface area (Å²) < 4.78 is 4.89. The van der Waals surface area contributed by atoms with Crippen LogP contribution >= 0.6 is 0 Å². The van der Waals surface area contributed by atoms with Crippen molar-refractivity contribution >= 4 is 102 Å². The molecule has 1 aromatic carbocycles. The van der Waals surface area contributed by atoms with Gasteiger partial charge in [-0.3, -0.25) is 82.7 Å². The van der Waals surface area contributed by atoms with E-state index in [4.69, 9.17) is 27.7 Å². The number of hydrogen-bond donors (Lipinski definition) is 20. The van der Waals surface area contributed by atoms with Crippen LogP contribution in [0.3, 0.4) is 0 Å². The highest BCUT2D eigenvalue weighted by Crippen LogP contribution is 2.42. The van der Waals surface area contributed by atoms with Crippen molar-refractivity contribution in [2.24, 2.45) is 32.9 Å². The number of aromatic hydroxyl groups is 2. The lowest BCUT2D eigenvalue weighted by molar-refractivity contribution is -0.173. The van der Waals surface area contributed by atoms with Gasteiger partial charge in [-0.25, -0.2) is 10.1 Å². The second-order valence-corrected chi connectivity index (χ2v) is 22.1. The number of rotatable bonds is 39. The number of guanidine groups is 1. The van der Waals surface area contributed by atoms with Crippen LogP contribution in [0.2, 0.25) is 0 Å². The molecule has 0 bridgehead atoms. The Labute approximate surface area is 537 Å². The Bertz CT molecular complexity index is 2980. The number of amides is 12. The van der Waals surface area contributed by atoms with Crippen molar-refractivity contribution in [2.75, 3.05) is 44.3 Å². The fourth-order valence-corrected chi connectivity index (χ4v) is 9.85. The number of carbonyl (C=O) groups excluding carboxylic acids is 13. The molecule has 1 saturated heterocycles. The molecule has 0 aliphatic carbocycles. The van der Waals surface area contributed by atoms with Crippen molar-refractivity contribution in [3.05, 3.63) is 23.4 Å². The first-order valence-electron chi connectivity index (χ1n) is 29.8. The van der Waals surface area contributed by atoms with E-state index in [0.717, 1.165) is 26.0 Å². The summed E-state index contributed by atoms with van der Waals surface area (Å²) in [6.07, 6.45) is -2.84. The molecule has 4 rings (SSSR count). The summed E-state index contributed by atoms with van der Waals surface area (Å²) >= 11 is 0. The van der Waals surface area contributed by atoms with Crippen molar-refractivity contribution < 1.29 is 103 Å². The summed E-state index contributed by atoms with van der Waals surface area (Å²) in [5.74, 6) is -13.0. The molecule has 3 aliphatic rings. The van der Waals surface area contributed by atoms with E-state index in [1.165, 1.54) is 17.2 Å². The lowest BCUT2D eigenvalue weighted by Gasteiger charge is -2.43. The Hall–Kier alpha value is -9.83. The zero-order chi connectivity index (χ0) is 69.9. The van der Waals surface area contributed by atoms with Crippen molar-refractivity contribution in [2.45, 2.75) is 164 Å². The van der Waals surface area contributed by atoms with Crippen LogP contribution in [0.25, 0.3) is 6.08 Å². The molecular weight excluding hydrogens is 1250 g/mol. The van der Waals surface area contributed by atoms with Crippen LogP contribution in [0.4, 0.5) is 5.69 Å². The zero-order valence-electron chi connectivity index (χ0n) is 51.5.